The third kappa shape index (κ3) is 5.82. The summed E-state index contributed by atoms with van der Waals surface area (Å²) in [6, 6.07) is 6.29. The van der Waals surface area contributed by atoms with Gasteiger partial charge in [0, 0.05) is 57.6 Å². The highest BCUT2D eigenvalue weighted by molar-refractivity contribution is 7.22. The molecule has 0 atom stereocenters. The quantitative estimate of drug-likeness (QED) is 0.403. The second-order valence-corrected chi connectivity index (χ2v) is 9.25. The molecule has 3 aromatic rings. The van der Waals surface area contributed by atoms with Crippen LogP contribution in [0.1, 0.15) is 5.69 Å². The average Bonchev–Trinajstić information content (AvgIpc) is 3.44. The van der Waals surface area contributed by atoms with E-state index in [2.05, 4.69) is 38.6 Å². The number of piperazine rings is 1. The summed E-state index contributed by atoms with van der Waals surface area (Å²) in [6.07, 6.45) is 7.49. The Morgan fingerprint density at radius 1 is 1.32 bits per heavy atom. The number of anilines is 1. The van der Waals surface area contributed by atoms with Crippen molar-refractivity contribution < 1.29 is 9.53 Å². The summed E-state index contributed by atoms with van der Waals surface area (Å²) in [5.74, 6) is 0.0480. The number of hydrogen-bond donors (Lipinski definition) is 3. The molecule has 4 N–H and O–H groups in total. The number of aromatic amines is 1. The molecular weight excluding hydrogens is 450 g/mol. The number of nitrogens with two attached hydrogens (primary N) is 1. The number of fused-ring (bicyclic) bond motifs is 1. The summed E-state index contributed by atoms with van der Waals surface area (Å²) in [5.41, 5.74) is 11.1. The van der Waals surface area contributed by atoms with Crippen LogP contribution in [0.5, 0.6) is 0 Å². The van der Waals surface area contributed by atoms with E-state index in [0.29, 0.717) is 19.6 Å². The number of thiazole rings is 1. The first-order valence-corrected chi connectivity index (χ1v) is 12.1. The number of methoxy groups -OCH3 is 1. The first-order chi connectivity index (χ1) is 16.6. The molecule has 0 bridgehead atoms. The monoisotopic (exact) mass is 481 g/mol. The van der Waals surface area contributed by atoms with Gasteiger partial charge < -0.3 is 20.7 Å². The third-order valence-corrected chi connectivity index (χ3v) is 6.83. The normalized spacial score (nSPS) is 15.5. The minimum Gasteiger partial charge on any atom is -0.405 e. The van der Waals surface area contributed by atoms with Crippen molar-refractivity contribution >= 4 is 32.6 Å². The van der Waals surface area contributed by atoms with E-state index in [9.17, 15) is 4.79 Å². The predicted octanol–water partition coefficient (Wildman–Crippen LogP) is 2.60. The second kappa shape index (κ2) is 11.3. The van der Waals surface area contributed by atoms with E-state index in [1.54, 1.807) is 24.6 Å². The Morgan fingerprint density at radius 2 is 2.15 bits per heavy atom. The maximum atomic E-state index is 12.0. The number of aromatic nitrogens is 3. The van der Waals surface area contributed by atoms with E-state index in [1.807, 2.05) is 30.2 Å². The number of rotatable bonds is 9. The van der Waals surface area contributed by atoms with Crippen LogP contribution < -0.4 is 11.1 Å². The number of aryl methyl sites for hydroxylation is 1. The predicted molar refractivity (Wildman–Crippen MR) is 137 cm³/mol. The second-order valence-electron chi connectivity index (χ2n) is 8.22. The van der Waals surface area contributed by atoms with E-state index in [1.165, 1.54) is 0 Å². The minimum atomic E-state index is 0.0480. The summed E-state index contributed by atoms with van der Waals surface area (Å²) in [4.78, 5) is 20.9. The van der Waals surface area contributed by atoms with Crippen molar-refractivity contribution in [1.29, 1.82) is 0 Å². The van der Waals surface area contributed by atoms with Crippen LogP contribution in [-0.2, 0) is 9.53 Å². The summed E-state index contributed by atoms with van der Waals surface area (Å²) >= 11 is 1.64. The lowest BCUT2D eigenvalue weighted by Gasteiger charge is -2.34. The van der Waals surface area contributed by atoms with E-state index in [0.717, 1.165) is 57.4 Å². The van der Waals surface area contributed by atoms with Crippen molar-refractivity contribution in [2.45, 2.75) is 6.92 Å². The molecule has 1 amide bonds. The van der Waals surface area contributed by atoms with Crippen LogP contribution in [0.4, 0.5) is 5.13 Å². The van der Waals surface area contributed by atoms with Gasteiger partial charge in [-0.1, -0.05) is 23.5 Å². The summed E-state index contributed by atoms with van der Waals surface area (Å²) in [6.45, 7) is 6.69. The molecular formula is C24H31N7O2S. The number of ether oxygens (including phenoxy) is 1. The molecule has 180 valence electrons. The Balaban J connectivity index is 1.34. The van der Waals surface area contributed by atoms with Crippen LogP contribution in [0.2, 0.25) is 0 Å². The fraction of sp³-hybridized carbons (Fsp3) is 0.375. The fourth-order valence-electron chi connectivity index (χ4n) is 4.02. The fourth-order valence-corrected chi connectivity index (χ4v) is 4.93. The van der Waals surface area contributed by atoms with Crippen molar-refractivity contribution in [3.05, 3.63) is 54.0 Å². The van der Waals surface area contributed by atoms with Gasteiger partial charge in [0.05, 0.1) is 16.4 Å². The zero-order valence-electron chi connectivity index (χ0n) is 19.6. The van der Waals surface area contributed by atoms with Gasteiger partial charge in [0.25, 0.3) is 0 Å². The zero-order valence-corrected chi connectivity index (χ0v) is 20.4. The molecule has 1 saturated heterocycles. The number of amides is 1. The van der Waals surface area contributed by atoms with E-state index < -0.39 is 0 Å². The molecule has 10 heteroatoms. The molecule has 2 aromatic heterocycles. The molecule has 1 aliphatic rings. The maximum Gasteiger partial charge on any atom is 0.248 e. The molecule has 1 aliphatic heterocycles. The smallest absolute Gasteiger partial charge is 0.248 e. The average molecular weight is 482 g/mol. The van der Waals surface area contributed by atoms with Crippen LogP contribution in [0.3, 0.4) is 0 Å². The molecule has 0 radical (unpaired) electrons. The van der Waals surface area contributed by atoms with Gasteiger partial charge in [0.1, 0.15) is 6.61 Å². The Labute approximate surface area is 203 Å². The highest BCUT2D eigenvalue weighted by Crippen LogP contribution is 2.31. The van der Waals surface area contributed by atoms with Crippen LogP contribution in [0, 0.1) is 6.92 Å². The van der Waals surface area contributed by atoms with Gasteiger partial charge in [-0.3, -0.25) is 14.8 Å². The topological polar surface area (TPSA) is 112 Å². The Kier molecular flexibility index (Phi) is 7.94. The zero-order chi connectivity index (χ0) is 23.9. The number of nitrogens with one attached hydrogen (secondary N) is 2. The lowest BCUT2D eigenvalue weighted by atomic mass is 10.1. The molecule has 3 heterocycles. The number of H-pyrrole nitrogens is 1. The van der Waals surface area contributed by atoms with Crippen molar-refractivity contribution in [3.8, 4) is 11.1 Å². The van der Waals surface area contributed by atoms with E-state index >= 15 is 0 Å². The molecule has 9 nitrogen and oxygen atoms in total. The number of nitrogens with zero attached hydrogens (tertiary/aromatic N) is 4. The van der Waals surface area contributed by atoms with Gasteiger partial charge in [-0.25, -0.2) is 4.98 Å². The van der Waals surface area contributed by atoms with Gasteiger partial charge in [0.2, 0.25) is 5.91 Å². The highest BCUT2D eigenvalue weighted by atomic mass is 32.1. The number of carbonyl (C=O) groups excluding carboxylic acids is 1. The molecule has 34 heavy (non-hydrogen) atoms. The Hall–Kier alpha value is -3.21. The summed E-state index contributed by atoms with van der Waals surface area (Å²) in [5, 5.41) is 11.4. The highest BCUT2D eigenvalue weighted by Gasteiger charge is 2.21. The molecule has 0 saturated carbocycles. The molecule has 0 aliphatic carbocycles. The van der Waals surface area contributed by atoms with Crippen molar-refractivity contribution in [1.82, 2.24) is 25.0 Å². The van der Waals surface area contributed by atoms with Crippen molar-refractivity contribution in [3.63, 3.8) is 0 Å². The molecule has 4 rings (SSSR count). The first kappa shape index (κ1) is 23.9. The standard InChI is InChI=1S/C24H31N7O2S/c1-17-20(14-27-29-17)19-3-4-21-22(13-19)34-24(28-21)26-8-6-18(5-7-25)15-30-9-11-31(12-10-30)23(32)16-33-2/h3-7,13-14H,8-12,15-16,25H2,1-2H3,(H,26,28)(H,27,29)/b7-5-,18-6+. The number of hydrogen-bond acceptors (Lipinski definition) is 8. The number of carbonyl (C=O) groups is 1. The summed E-state index contributed by atoms with van der Waals surface area (Å²) in [7, 11) is 1.55. The van der Waals surface area contributed by atoms with Gasteiger partial charge in [0.15, 0.2) is 5.13 Å². The molecule has 0 spiro atoms. The van der Waals surface area contributed by atoms with Gasteiger partial charge in [-0.05, 0) is 42.5 Å². The lowest BCUT2D eigenvalue weighted by molar-refractivity contribution is -0.136. The SMILES string of the molecule is COCC(=O)N1CCN(CC(/C=C\N)=C/CNc2nc3ccc(-c4cn[nH]c4C)cc3s2)CC1. The minimum absolute atomic E-state index is 0.0480. The van der Waals surface area contributed by atoms with Crippen molar-refractivity contribution in [2.75, 3.05) is 58.3 Å². The van der Waals surface area contributed by atoms with E-state index in [4.69, 9.17) is 15.5 Å². The molecule has 1 aromatic carbocycles. The van der Waals surface area contributed by atoms with Gasteiger partial charge in [-0.2, -0.15) is 5.10 Å². The van der Waals surface area contributed by atoms with Crippen molar-refractivity contribution in [2.24, 2.45) is 5.73 Å². The molecule has 0 unspecified atom stereocenters. The Bertz CT molecular complexity index is 1180. The number of benzene rings is 1. The van der Waals surface area contributed by atoms with Crippen LogP contribution in [0.25, 0.3) is 21.3 Å². The van der Waals surface area contributed by atoms with Crippen LogP contribution >= 0.6 is 11.3 Å². The Morgan fingerprint density at radius 3 is 2.85 bits per heavy atom. The molecule has 1 fully saturated rings. The maximum absolute atomic E-state index is 12.0. The summed E-state index contributed by atoms with van der Waals surface area (Å²) < 4.78 is 6.09. The van der Waals surface area contributed by atoms with Gasteiger partial charge >= 0.3 is 0 Å². The van der Waals surface area contributed by atoms with E-state index in [-0.39, 0.29) is 12.5 Å². The first-order valence-electron chi connectivity index (χ1n) is 11.3. The van der Waals surface area contributed by atoms with Crippen LogP contribution in [0.15, 0.2) is 48.3 Å². The largest absolute Gasteiger partial charge is 0.405 e. The lowest BCUT2D eigenvalue weighted by Crippen LogP contribution is -2.49. The van der Waals surface area contributed by atoms with Gasteiger partial charge in [-0.15, -0.1) is 0 Å². The third-order valence-electron chi connectivity index (χ3n) is 5.86. The van der Waals surface area contributed by atoms with Crippen LogP contribution in [-0.4, -0.2) is 83.9 Å².